The Bertz CT molecular complexity index is 475. The molecule has 0 aromatic carbocycles. The Kier molecular flexibility index (Phi) is 8.14. The lowest BCUT2D eigenvalue weighted by Gasteiger charge is -2.13. The molecule has 1 atom stereocenters. The zero-order chi connectivity index (χ0) is 16.3. The molecule has 2 rings (SSSR count). The molecular weight excluding hydrogens is 316 g/mol. The number of hydrogen-bond acceptors (Lipinski definition) is 4. The lowest BCUT2D eigenvalue weighted by Crippen LogP contribution is -2.40. The highest BCUT2D eigenvalue weighted by atomic mass is 35.5. The van der Waals surface area contributed by atoms with Crippen LogP contribution >= 0.6 is 11.6 Å². The summed E-state index contributed by atoms with van der Waals surface area (Å²) < 4.78 is 11.1. The number of hydrogen-bond donors (Lipinski definition) is 2. The average molecular weight is 341 g/mol. The molecule has 1 aromatic heterocycles. The zero-order valence-electron chi connectivity index (χ0n) is 13.6. The van der Waals surface area contributed by atoms with Gasteiger partial charge in [0.25, 0.3) is 0 Å². The van der Waals surface area contributed by atoms with Gasteiger partial charge in [0.05, 0.1) is 19.3 Å². The summed E-state index contributed by atoms with van der Waals surface area (Å²) in [6.07, 6.45) is 5.18. The van der Waals surface area contributed by atoms with E-state index in [2.05, 4.69) is 20.6 Å². The van der Waals surface area contributed by atoms with Gasteiger partial charge in [-0.3, -0.25) is 4.99 Å². The van der Waals surface area contributed by atoms with Gasteiger partial charge >= 0.3 is 0 Å². The number of aromatic nitrogens is 1. The zero-order valence-corrected chi connectivity index (χ0v) is 14.3. The molecule has 1 unspecified atom stereocenters. The van der Waals surface area contributed by atoms with Crippen molar-refractivity contribution in [2.45, 2.75) is 25.4 Å². The standard InChI is InChI=1S/C16H25ClN4O2/c1-18-16(19-7-6-13-4-5-15(17)21-11-13)20-8-10-22-12-14-3-2-9-23-14/h4-5,11,14H,2-3,6-10,12H2,1H3,(H2,18,19,20). The van der Waals surface area contributed by atoms with E-state index in [1.165, 1.54) is 0 Å². The van der Waals surface area contributed by atoms with Crippen LogP contribution in [0.4, 0.5) is 0 Å². The quantitative estimate of drug-likeness (QED) is 0.326. The molecular formula is C16H25ClN4O2. The number of rotatable bonds is 8. The van der Waals surface area contributed by atoms with Crippen LogP contribution < -0.4 is 10.6 Å². The second kappa shape index (κ2) is 10.4. The number of nitrogens with zero attached hydrogens (tertiary/aromatic N) is 2. The van der Waals surface area contributed by atoms with E-state index in [9.17, 15) is 0 Å². The molecule has 128 valence electrons. The van der Waals surface area contributed by atoms with E-state index >= 15 is 0 Å². The predicted molar refractivity (Wildman–Crippen MR) is 92.1 cm³/mol. The van der Waals surface area contributed by atoms with Crippen molar-refractivity contribution in [1.82, 2.24) is 15.6 Å². The third-order valence-electron chi connectivity index (χ3n) is 3.58. The molecule has 0 aliphatic carbocycles. The Balaban J connectivity index is 1.53. The van der Waals surface area contributed by atoms with Crippen LogP contribution in [0.3, 0.4) is 0 Å². The monoisotopic (exact) mass is 340 g/mol. The Labute approximate surface area is 142 Å². The highest BCUT2D eigenvalue weighted by Gasteiger charge is 2.14. The molecule has 6 nitrogen and oxygen atoms in total. The fourth-order valence-electron chi connectivity index (χ4n) is 2.33. The lowest BCUT2D eigenvalue weighted by atomic mass is 10.2. The van der Waals surface area contributed by atoms with Crippen molar-refractivity contribution in [3.63, 3.8) is 0 Å². The first-order valence-electron chi connectivity index (χ1n) is 8.02. The fraction of sp³-hybridized carbons (Fsp3) is 0.625. The molecule has 7 heteroatoms. The molecule has 23 heavy (non-hydrogen) atoms. The van der Waals surface area contributed by atoms with Gasteiger partial charge in [-0.1, -0.05) is 17.7 Å². The number of guanidine groups is 1. The number of halogens is 1. The van der Waals surface area contributed by atoms with Crippen LogP contribution in [-0.2, 0) is 15.9 Å². The van der Waals surface area contributed by atoms with Crippen molar-refractivity contribution in [2.24, 2.45) is 4.99 Å². The van der Waals surface area contributed by atoms with E-state index in [-0.39, 0.29) is 6.10 Å². The van der Waals surface area contributed by atoms with E-state index in [0.717, 1.165) is 50.5 Å². The molecule has 0 bridgehead atoms. The molecule has 2 heterocycles. The summed E-state index contributed by atoms with van der Waals surface area (Å²) in [6, 6.07) is 3.78. The minimum Gasteiger partial charge on any atom is -0.377 e. The third kappa shape index (κ3) is 7.16. The highest BCUT2D eigenvalue weighted by Crippen LogP contribution is 2.11. The summed E-state index contributed by atoms with van der Waals surface area (Å²) in [5, 5.41) is 7.00. The first kappa shape index (κ1) is 18.0. The van der Waals surface area contributed by atoms with Crippen molar-refractivity contribution >= 4 is 17.6 Å². The van der Waals surface area contributed by atoms with Crippen molar-refractivity contribution in [3.05, 3.63) is 29.0 Å². The van der Waals surface area contributed by atoms with Gasteiger partial charge in [-0.25, -0.2) is 4.98 Å². The maximum atomic E-state index is 5.77. The van der Waals surface area contributed by atoms with E-state index in [4.69, 9.17) is 21.1 Å². The first-order chi connectivity index (χ1) is 11.3. The highest BCUT2D eigenvalue weighted by molar-refractivity contribution is 6.29. The van der Waals surface area contributed by atoms with E-state index < -0.39 is 0 Å². The van der Waals surface area contributed by atoms with Gasteiger partial charge in [-0.05, 0) is 30.9 Å². The summed E-state index contributed by atoms with van der Waals surface area (Å²) in [6.45, 7) is 3.68. The number of nitrogens with one attached hydrogen (secondary N) is 2. The topological polar surface area (TPSA) is 67.8 Å². The van der Waals surface area contributed by atoms with Gasteiger partial charge in [-0.2, -0.15) is 0 Å². The molecule has 1 saturated heterocycles. The fourth-order valence-corrected chi connectivity index (χ4v) is 2.44. The van der Waals surface area contributed by atoms with Crippen LogP contribution in [0.25, 0.3) is 0 Å². The van der Waals surface area contributed by atoms with Crippen LogP contribution in [-0.4, -0.2) is 57.0 Å². The Morgan fingerprint density at radius 1 is 1.43 bits per heavy atom. The first-order valence-corrected chi connectivity index (χ1v) is 8.40. The van der Waals surface area contributed by atoms with Crippen molar-refractivity contribution in [2.75, 3.05) is 40.0 Å². The minimum absolute atomic E-state index is 0.278. The van der Waals surface area contributed by atoms with Crippen LogP contribution in [0.2, 0.25) is 5.15 Å². The molecule has 1 fully saturated rings. The van der Waals surface area contributed by atoms with E-state index in [1.54, 1.807) is 19.3 Å². The van der Waals surface area contributed by atoms with E-state index in [1.807, 2.05) is 6.07 Å². The summed E-state index contributed by atoms with van der Waals surface area (Å²) in [5.74, 6) is 0.771. The Hall–Kier alpha value is -1.37. The van der Waals surface area contributed by atoms with Crippen LogP contribution in [0.1, 0.15) is 18.4 Å². The minimum atomic E-state index is 0.278. The largest absolute Gasteiger partial charge is 0.377 e. The van der Waals surface area contributed by atoms with Crippen LogP contribution in [0.5, 0.6) is 0 Å². The molecule has 1 aromatic rings. The number of pyridine rings is 1. The van der Waals surface area contributed by atoms with Gasteiger partial charge in [-0.15, -0.1) is 0 Å². The predicted octanol–water partition coefficient (Wildman–Crippen LogP) is 1.64. The molecule has 1 aliphatic rings. The summed E-state index contributed by atoms with van der Waals surface area (Å²) >= 11 is 5.77. The maximum absolute atomic E-state index is 5.77. The number of aliphatic imine (C=N–C) groups is 1. The Morgan fingerprint density at radius 2 is 2.30 bits per heavy atom. The molecule has 0 spiro atoms. The normalized spacial score (nSPS) is 18.2. The van der Waals surface area contributed by atoms with Gasteiger partial charge in [0.2, 0.25) is 0 Å². The summed E-state index contributed by atoms with van der Waals surface area (Å²) in [4.78, 5) is 8.25. The van der Waals surface area contributed by atoms with Gasteiger partial charge < -0.3 is 20.1 Å². The summed E-state index contributed by atoms with van der Waals surface area (Å²) in [7, 11) is 1.76. The smallest absolute Gasteiger partial charge is 0.191 e. The van der Waals surface area contributed by atoms with Gasteiger partial charge in [0.15, 0.2) is 5.96 Å². The molecule has 1 aliphatic heterocycles. The molecule has 0 radical (unpaired) electrons. The molecule has 0 amide bonds. The second-order valence-electron chi connectivity index (χ2n) is 5.37. The van der Waals surface area contributed by atoms with Gasteiger partial charge in [0.1, 0.15) is 5.15 Å². The molecule has 0 saturated carbocycles. The van der Waals surface area contributed by atoms with Gasteiger partial charge in [0, 0.05) is 32.9 Å². The van der Waals surface area contributed by atoms with Crippen molar-refractivity contribution < 1.29 is 9.47 Å². The third-order valence-corrected chi connectivity index (χ3v) is 3.81. The van der Waals surface area contributed by atoms with Crippen molar-refractivity contribution in [1.29, 1.82) is 0 Å². The lowest BCUT2D eigenvalue weighted by molar-refractivity contribution is 0.0191. The average Bonchev–Trinajstić information content (AvgIpc) is 3.08. The SMILES string of the molecule is CN=C(NCCOCC1CCCO1)NCCc1ccc(Cl)nc1. The summed E-state index contributed by atoms with van der Waals surface area (Å²) in [5.41, 5.74) is 1.14. The molecule has 2 N–H and O–H groups in total. The van der Waals surface area contributed by atoms with Crippen LogP contribution in [0.15, 0.2) is 23.3 Å². The maximum Gasteiger partial charge on any atom is 0.191 e. The second-order valence-corrected chi connectivity index (χ2v) is 5.76. The number of ether oxygens (including phenoxy) is 2. The Morgan fingerprint density at radius 3 is 3.00 bits per heavy atom. The van der Waals surface area contributed by atoms with Crippen LogP contribution in [0, 0.1) is 0 Å². The van der Waals surface area contributed by atoms with Crippen molar-refractivity contribution in [3.8, 4) is 0 Å². The van der Waals surface area contributed by atoms with E-state index in [0.29, 0.717) is 18.4 Å².